The van der Waals surface area contributed by atoms with Crippen molar-refractivity contribution in [1.29, 1.82) is 0 Å². The number of nitrogens with zero attached hydrogens (tertiary/aromatic N) is 4. The van der Waals surface area contributed by atoms with Gasteiger partial charge in [-0.05, 0) is 38.3 Å². The molecular formula is C34H45F2N7O9S. The number of nitrogens with two attached hydrogens (primary N) is 1. The van der Waals surface area contributed by atoms with Crippen LogP contribution in [0.4, 0.5) is 8.78 Å². The molecule has 5 rings (SSSR count). The van der Waals surface area contributed by atoms with Crippen LogP contribution in [0.5, 0.6) is 0 Å². The Hall–Kier alpha value is -4.36. The average Bonchev–Trinajstić information content (AvgIpc) is 3.80. The number of amides is 4. The van der Waals surface area contributed by atoms with Gasteiger partial charge in [-0.3, -0.25) is 24.0 Å². The maximum absolute atomic E-state index is 14.7. The van der Waals surface area contributed by atoms with Gasteiger partial charge in [0.1, 0.15) is 23.2 Å². The summed E-state index contributed by atoms with van der Waals surface area (Å²) < 4.78 is 59.0. The van der Waals surface area contributed by atoms with Crippen molar-refractivity contribution in [2.45, 2.75) is 112 Å². The lowest BCUT2D eigenvalue weighted by molar-refractivity contribution is -0.147. The summed E-state index contributed by atoms with van der Waals surface area (Å²) in [5.41, 5.74) is 1.95. The summed E-state index contributed by atoms with van der Waals surface area (Å²) in [7, 11) is -5.20. The van der Waals surface area contributed by atoms with E-state index in [9.17, 15) is 46.3 Å². The Morgan fingerprint density at radius 2 is 1.75 bits per heavy atom. The van der Waals surface area contributed by atoms with E-state index in [1.807, 2.05) is 0 Å². The molecule has 290 valence electrons. The van der Waals surface area contributed by atoms with Gasteiger partial charge in [-0.1, -0.05) is 49.5 Å². The van der Waals surface area contributed by atoms with Crippen LogP contribution in [0.1, 0.15) is 93.7 Å². The Balaban J connectivity index is 1.52. The molecule has 1 aromatic carbocycles. The Kier molecular flexibility index (Phi) is 12.0. The Morgan fingerprint density at radius 1 is 1.09 bits per heavy atom. The number of primary amides is 1. The number of carbonyl (C=O) groups excluding carboxylic acids is 5. The predicted molar refractivity (Wildman–Crippen MR) is 182 cm³/mol. The number of ether oxygens (including phenoxy) is 1. The summed E-state index contributed by atoms with van der Waals surface area (Å²) in [4.78, 5) is 68.3. The number of alkyl halides is 2. The van der Waals surface area contributed by atoms with Gasteiger partial charge in [-0.2, -0.15) is 8.78 Å². The molecule has 53 heavy (non-hydrogen) atoms. The minimum Gasteiger partial charge on any atom is -0.384 e. The van der Waals surface area contributed by atoms with Crippen molar-refractivity contribution in [3.63, 3.8) is 0 Å². The smallest absolute Gasteiger partial charge is 0.341 e. The van der Waals surface area contributed by atoms with E-state index < -0.39 is 84.7 Å². The maximum Gasteiger partial charge on any atom is 0.341 e. The Labute approximate surface area is 305 Å². The summed E-state index contributed by atoms with van der Waals surface area (Å²) >= 11 is 0. The number of Topliss-reactive ketones (excluding diaryl/α,β-unsaturated/α-hetero) is 1. The van der Waals surface area contributed by atoms with Crippen molar-refractivity contribution in [2.24, 2.45) is 11.7 Å². The van der Waals surface area contributed by atoms with Crippen molar-refractivity contribution in [1.82, 2.24) is 30.5 Å². The number of halogens is 2. The van der Waals surface area contributed by atoms with Crippen molar-refractivity contribution in [3.8, 4) is 0 Å². The minimum absolute atomic E-state index is 0.0421. The van der Waals surface area contributed by atoms with Crippen LogP contribution in [0.3, 0.4) is 0 Å². The first kappa shape index (κ1) is 39.8. The molecule has 1 saturated carbocycles. The zero-order chi connectivity index (χ0) is 38.7. The highest BCUT2D eigenvalue weighted by Crippen LogP contribution is 2.35. The van der Waals surface area contributed by atoms with Gasteiger partial charge in [0.2, 0.25) is 27.4 Å². The zero-order valence-corrected chi connectivity index (χ0v) is 30.3. The number of sulfone groups is 1. The van der Waals surface area contributed by atoms with Gasteiger partial charge in [0.05, 0.1) is 28.4 Å². The molecule has 1 aliphatic carbocycles. The Bertz CT molecular complexity index is 1820. The van der Waals surface area contributed by atoms with Crippen molar-refractivity contribution in [2.75, 3.05) is 19.8 Å². The molecule has 4 amide bonds. The second kappa shape index (κ2) is 15.9. The third-order valence-corrected chi connectivity index (χ3v) is 11.8. The molecule has 3 fully saturated rings. The number of benzene rings is 1. The first-order chi connectivity index (χ1) is 25.0. The van der Waals surface area contributed by atoms with Gasteiger partial charge in [0, 0.05) is 39.0 Å². The zero-order valence-electron chi connectivity index (χ0n) is 29.5. The number of nitrogens with one attached hydrogen (secondary N) is 2. The van der Waals surface area contributed by atoms with E-state index in [-0.39, 0.29) is 57.1 Å². The molecular weight excluding hydrogens is 720 g/mol. The third kappa shape index (κ3) is 8.56. The topological polar surface area (TPSA) is 233 Å². The molecule has 0 unspecified atom stereocenters. The van der Waals surface area contributed by atoms with Crippen molar-refractivity contribution < 1.29 is 51.0 Å². The lowest BCUT2D eigenvalue weighted by atomic mass is 9.84. The Morgan fingerprint density at radius 3 is 2.38 bits per heavy atom. The van der Waals surface area contributed by atoms with Crippen LogP contribution in [0, 0.1) is 5.92 Å². The molecule has 19 heteroatoms. The predicted octanol–water partition coefficient (Wildman–Crippen LogP) is 1.13. The van der Waals surface area contributed by atoms with Crippen LogP contribution in [-0.4, -0.2) is 106 Å². The van der Waals surface area contributed by atoms with E-state index in [1.54, 1.807) is 0 Å². The second-order valence-electron chi connectivity index (χ2n) is 14.5. The van der Waals surface area contributed by atoms with Gasteiger partial charge >= 0.3 is 5.76 Å². The molecule has 1 aromatic heterocycles. The van der Waals surface area contributed by atoms with Crippen molar-refractivity contribution >= 4 is 39.2 Å². The van der Waals surface area contributed by atoms with Crippen LogP contribution in [-0.2, 0) is 39.4 Å². The lowest BCUT2D eigenvalue weighted by Crippen LogP contribution is -2.64. The highest BCUT2D eigenvalue weighted by molar-refractivity contribution is 7.91. The van der Waals surface area contributed by atoms with E-state index in [0.29, 0.717) is 0 Å². The molecule has 16 nitrogen and oxygen atoms in total. The SMILES string of the molecule is CC(C)(O)c1cnnn1[C@H]1C[C@@H](C(=O)NC2(C(=O)C(N)=O)CCOCC2)N(C(=O)[C@@H](CC2CCCCC2)NC(=O)c2ccccc2S(=O)(=O)C(F)F)C1. The molecule has 2 aromatic rings. The fourth-order valence-corrected chi connectivity index (χ4v) is 8.46. The first-order valence-corrected chi connectivity index (χ1v) is 19.1. The van der Waals surface area contributed by atoms with Crippen LogP contribution in [0.2, 0.25) is 0 Å². The third-order valence-electron chi connectivity index (χ3n) is 10.3. The minimum atomic E-state index is -5.20. The number of hydrogen-bond donors (Lipinski definition) is 4. The largest absolute Gasteiger partial charge is 0.384 e. The molecule has 0 spiro atoms. The van der Waals surface area contributed by atoms with E-state index in [0.717, 1.165) is 44.2 Å². The average molecular weight is 766 g/mol. The summed E-state index contributed by atoms with van der Waals surface area (Å²) in [5, 5.41) is 24.2. The monoisotopic (exact) mass is 765 g/mol. The van der Waals surface area contributed by atoms with E-state index in [2.05, 4.69) is 20.9 Å². The molecule has 2 aliphatic heterocycles. The van der Waals surface area contributed by atoms with E-state index in [4.69, 9.17) is 10.5 Å². The van der Waals surface area contributed by atoms with E-state index in [1.165, 1.54) is 41.8 Å². The normalized spacial score (nSPS) is 21.6. The molecule has 2 saturated heterocycles. The molecule has 0 radical (unpaired) electrons. The fraction of sp³-hybridized carbons (Fsp3) is 0.618. The van der Waals surface area contributed by atoms with Crippen molar-refractivity contribution in [3.05, 3.63) is 41.7 Å². The first-order valence-electron chi connectivity index (χ1n) is 17.6. The fourth-order valence-electron chi connectivity index (χ4n) is 7.53. The molecule has 0 bridgehead atoms. The molecule has 3 aliphatic rings. The van der Waals surface area contributed by atoms with Crippen LogP contribution in [0.25, 0.3) is 0 Å². The van der Waals surface area contributed by atoms with Gasteiger partial charge < -0.3 is 31.1 Å². The van der Waals surface area contributed by atoms with Gasteiger partial charge in [-0.15, -0.1) is 5.10 Å². The summed E-state index contributed by atoms with van der Waals surface area (Å²) in [5.74, 6) is -8.73. The number of aromatic nitrogens is 3. The maximum atomic E-state index is 14.7. The quantitative estimate of drug-likeness (QED) is 0.211. The van der Waals surface area contributed by atoms with Gasteiger partial charge in [0.25, 0.3) is 11.8 Å². The summed E-state index contributed by atoms with van der Waals surface area (Å²) in [6, 6.07) is 1.09. The lowest BCUT2D eigenvalue weighted by Gasteiger charge is -2.37. The number of likely N-dealkylation sites (tertiary alicyclic amines) is 1. The summed E-state index contributed by atoms with van der Waals surface area (Å²) in [6.45, 7) is 2.94. The second-order valence-corrected chi connectivity index (χ2v) is 16.3. The van der Waals surface area contributed by atoms with Crippen LogP contribution >= 0.6 is 0 Å². The van der Waals surface area contributed by atoms with E-state index >= 15 is 0 Å². The number of hydrogen-bond acceptors (Lipinski definition) is 11. The number of rotatable bonds is 13. The highest BCUT2D eigenvalue weighted by Gasteiger charge is 2.49. The van der Waals surface area contributed by atoms with Gasteiger partial charge in [-0.25, -0.2) is 13.1 Å². The standard InChI is InChI=1S/C34H45F2N7O9S/c1-33(2,49)26-18-38-41-43(26)21-17-24(30(47)40-34(27(44)28(37)45)12-14-52-15-13-34)42(19-21)31(48)23(16-20-8-4-3-5-9-20)39-29(46)22-10-6-7-11-25(22)53(50,51)32(35)36/h6-7,10-11,18,20-21,23-24,32,49H,3-5,8-9,12-17,19H2,1-2H3,(H2,37,45)(H,39,46)(H,40,47)/t21-,23+,24-/m0/s1. The van der Waals surface area contributed by atoms with Crippen LogP contribution in [0.15, 0.2) is 35.4 Å². The number of ketones is 1. The summed E-state index contributed by atoms with van der Waals surface area (Å²) in [6.07, 6.45) is 5.44. The van der Waals surface area contributed by atoms with Crippen LogP contribution < -0.4 is 16.4 Å². The molecule has 5 N–H and O–H groups in total. The number of aliphatic hydroxyl groups is 1. The molecule has 3 heterocycles. The molecule has 3 atom stereocenters. The number of carbonyl (C=O) groups is 5. The van der Waals surface area contributed by atoms with Gasteiger partial charge in [0.15, 0.2) is 0 Å². The highest BCUT2D eigenvalue weighted by atomic mass is 32.2.